The van der Waals surface area contributed by atoms with Gasteiger partial charge in [0, 0.05) is 17.4 Å². The van der Waals surface area contributed by atoms with Gasteiger partial charge in [0.05, 0.1) is 16.9 Å². The lowest BCUT2D eigenvalue weighted by Crippen LogP contribution is -2.23. The molecule has 0 saturated carbocycles. The highest BCUT2D eigenvalue weighted by atomic mass is 32.2. The number of nitriles is 1. The van der Waals surface area contributed by atoms with Crippen LogP contribution >= 0.6 is 11.8 Å². The molecule has 0 aliphatic heterocycles. The van der Waals surface area contributed by atoms with Crippen molar-refractivity contribution in [2.45, 2.75) is 37.1 Å². The van der Waals surface area contributed by atoms with Crippen molar-refractivity contribution >= 4 is 23.4 Å². The molecule has 1 atom stereocenters. The Balaban J connectivity index is 2.03. The van der Waals surface area contributed by atoms with Gasteiger partial charge >= 0.3 is 0 Å². The average Bonchev–Trinajstić information content (AvgIpc) is 2.55. The second-order valence-corrected chi connectivity index (χ2v) is 6.56. The Labute approximate surface area is 144 Å². The predicted octanol–water partition coefficient (Wildman–Crippen LogP) is 2.71. The molecule has 0 bridgehead atoms. The maximum atomic E-state index is 12.3. The number of carbonyl (C=O) groups is 1. The van der Waals surface area contributed by atoms with E-state index < -0.39 is 5.25 Å². The van der Waals surface area contributed by atoms with Gasteiger partial charge in [0.2, 0.25) is 5.91 Å². The van der Waals surface area contributed by atoms with Gasteiger partial charge in [-0.1, -0.05) is 25.1 Å². The highest BCUT2D eigenvalue weighted by molar-refractivity contribution is 8.00. The highest BCUT2D eigenvalue weighted by Gasteiger charge is 2.16. The summed E-state index contributed by atoms with van der Waals surface area (Å²) >= 11 is 1.20. The molecule has 0 aliphatic carbocycles. The lowest BCUT2D eigenvalue weighted by atomic mass is 10.2. The molecule has 0 aliphatic rings. The van der Waals surface area contributed by atoms with Crippen LogP contribution in [-0.4, -0.2) is 21.1 Å². The molecule has 1 aromatic heterocycles. The zero-order valence-electron chi connectivity index (χ0n) is 13.5. The first-order valence-electron chi connectivity index (χ1n) is 7.59. The van der Waals surface area contributed by atoms with Gasteiger partial charge in [-0.2, -0.15) is 5.26 Å². The number of nitrogens with zero attached hydrogens (tertiary/aromatic N) is 2. The Morgan fingerprint density at radius 1 is 1.42 bits per heavy atom. The third-order valence-electron chi connectivity index (χ3n) is 3.22. The number of carbonyl (C=O) groups excluding carboxylic acids is 1. The Kier molecular flexibility index (Phi) is 6.15. The highest BCUT2D eigenvalue weighted by Crippen LogP contribution is 2.20. The van der Waals surface area contributed by atoms with Crippen molar-refractivity contribution in [3.8, 4) is 6.07 Å². The Hall–Kier alpha value is -2.59. The van der Waals surface area contributed by atoms with Gasteiger partial charge in [-0.15, -0.1) is 0 Å². The second-order valence-electron chi connectivity index (χ2n) is 5.23. The summed E-state index contributed by atoms with van der Waals surface area (Å²) in [5, 5.41) is 11.6. The summed E-state index contributed by atoms with van der Waals surface area (Å²) in [6, 6.07) is 10.1. The smallest absolute Gasteiger partial charge is 0.251 e. The number of hydrogen-bond donors (Lipinski definition) is 2. The minimum atomic E-state index is -0.430. The van der Waals surface area contributed by atoms with Crippen LogP contribution in [0.2, 0.25) is 0 Å². The van der Waals surface area contributed by atoms with Crippen LogP contribution in [-0.2, 0) is 11.2 Å². The number of H-pyrrole nitrogens is 1. The topological polar surface area (TPSA) is 98.6 Å². The third-order valence-corrected chi connectivity index (χ3v) is 4.20. The molecule has 0 radical (unpaired) electrons. The van der Waals surface area contributed by atoms with Gasteiger partial charge in [-0.3, -0.25) is 9.59 Å². The summed E-state index contributed by atoms with van der Waals surface area (Å²) in [7, 11) is 0. The van der Waals surface area contributed by atoms with E-state index in [0.717, 1.165) is 18.5 Å². The van der Waals surface area contributed by atoms with Crippen LogP contribution in [0.3, 0.4) is 0 Å². The van der Waals surface area contributed by atoms with Crippen LogP contribution in [0.5, 0.6) is 0 Å². The molecule has 124 valence electrons. The third kappa shape index (κ3) is 4.96. The maximum Gasteiger partial charge on any atom is 0.251 e. The molecule has 24 heavy (non-hydrogen) atoms. The molecule has 1 heterocycles. The SMILES string of the molecule is CCCc1cc(=O)[nH]c(S[C@@H](C)C(=O)Nc2ccc(C#N)cc2)n1. The van der Waals surface area contributed by atoms with Crippen LogP contribution in [0.4, 0.5) is 5.69 Å². The summed E-state index contributed by atoms with van der Waals surface area (Å²) in [4.78, 5) is 30.9. The molecule has 2 aromatic rings. The summed E-state index contributed by atoms with van der Waals surface area (Å²) in [5.41, 5.74) is 1.66. The van der Waals surface area contributed by atoms with Gasteiger partial charge < -0.3 is 10.3 Å². The normalized spacial score (nSPS) is 11.5. The summed E-state index contributed by atoms with van der Waals surface area (Å²) in [6.07, 6.45) is 1.62. The first kappa shape index (κ1) is 17.8. The zero-order valence-corrected chi connectivity index (χ0v) is 14.3. The van der Waals surface area contributed by atoms with Crippen LogP contribution in [0, 0.1) is 11.3 Å². The van der Waals surface area contributed by atoms with E-state index in [0.29, 0.717) is 16.4 Å². The number of benzene rings is 1. The van der Waals surface area contributed by atoms with E-state index in [1.807, 2.05) is 13.0 Å². The summed E-state index contributed by atoms with van der Waals surface area (Å²) in [5.74, 6) is -0.201. The van der Waals surface area contributed by atoms with Crippen molar-refractivity contribution in [1.29, 1.82) is 5.26 Å². The van der Waals surface area contributed by atoms with E-state index in [1.165, 1.54) is 17.8 Å². The van der Waals surface area contributed by atoms with Crippen molar-refractivity contribution in [2.75, 3.05) is 5.32 Å². The molecule has 0 unspecified atom stereocenters. The van der Waals surface area contributed by atoms with Gasteiger partial charge in [-0.25, -0.2) is 4.98 Å². The number of rotatable bonds is 6. The summed E-state index contributed by atoms with van der Waals surface area (Å²) < 4.78 is 0. The first-order chi connectivity index (χ1) is 11.5. The lowest BCUT2D eigenvalue weighted by Gasteiger charge is -2.12. The minimum absolute atomic E-state index is 0.201. The Morgan fingerprint density at radius 3 is 2.75 bits per heavy atom. The number of aryl methyl sites for hydroxylation is 1. The number of aromatic nitrogens is 2. The van der Waals surface area contributed by atoms with E-state index in [4.69, 9.17) is 5.26 Å². The fourth-order valence-electron chi connectivity index (χ4n) is 2.02. The molecule has 0 fully saturated rings. The van der Waals surface area contributed by atoms with Gasteiger partial charge in [0.25, 0.3) is 5.56 Å². The largest absolute Gasteiger partial charge is 0.325 e. The quantitative estimate of drug-likeness (QED) is 0.621. The molecule has 1 aromatic carbocycles. The number of anilines is 1. The molecule has 2 N–H and O–H groups in total. The van der Waals surface area contributed by atoms with E-state index in [1.54, 1.807) is 31.2 Å². The van der Waals surface area contributed by atoms with Crippen molar-refractivity contribution in [2.24, 2.45) is 0 Å². The van der Waals surface area contributed by atoms with Crippen LogP contribution in [0.15, 0.2) is 40.3 Å². The van der Waals surface area contributed by atoms with E-state index in [2.05, 4.69) is 15.3 Å². The number of thioether (sulfide) groups is 1. The van der Waals surface area contributed by atoms with Crippen molar-refractivity contribution in [3.63, 3.8) is 0 Å². The number of hydrogen-bond acceptors (Lipinski definition) is 5. The van der Waals surface area contributed by atoms with Crippen molar-refractivity contribution in [3.05, 3.63) is 51.9 Å². The van der Waals surface area contributed by atoms with Crippen molar-refractivity contribution in [1.82, 2.24) is 9.97 Å². The Bertz CT molecular complexity index is 809. The van der Waals surface area contributed by atoms with Crippen LogP contribution in [0.25, 0.3) is 0 Å². The second kappa shape index (κ2) is 8.31. The minimum Gasteiger partial charge on any atom is -0.325 e. The molecule has 1 amide bonds. The number of nitrogens with one attached hydrogen (secondary N) is 2. The predicted molar refractivity (Wildman–Crippen MR) is 94.0 cm³/mol. The van der Waals surface area contributed by atoms with E-state index in [-0.39, 0.29) is 11.5 Å². The maximum absolute atomic E-state index is 12.3. The lowest BCUT2D eigenvalue weighted by molar-refractivity contribution is -0.115. The molecule has 7 heteroatoms. The van der Waals surface area contributed by atoms with Gasteiger partial charge in [-0.05, 0) is 37.6 Å². The van der Waals surface area contributed by atoms with Gasteiger partial charge in [0.1, 0.15) is 0 Å². The van der Waals surface area contributed by atoms with Crippen molar-refractivity contribution < 1.29 is 4.79 Å². The molecule has 0 saturated heterocycles. The Morgan fingerprint density at radius 2 is 2.12 bits per heavy atom. The fraction of sp³-hybridized carbons (Fsp3) is 0.294. The molecule has 6 nitrogen and oxygen atoms in total. The van der Waals surface area contributed by atoms with Crippen LogP contribution in [0.1, 0.15) is 31.5 Å². The molecular weight excluding hydrogens is 324 g/mol. The van der Waals surface area contributed by atoms with Gasteiger partial charge in [0.15, 0.2) is 5.16 Å². The van der Waals surface area contributed by atoms with E-state index >= 15 is 0 Å². The fourth-order valence-corrected chi connectivity index (χ4v) is 2.85. The first-order valence-corrected chi connectivity index (χ1v) is 8.47. The zero-order chi connectivity index (χ0) is 17.5. The molecule has 2 rings (SSSR count). The number of aromatic amines is 1. The summed E-state index contributed by atoms with van der Waals surface area (Å²) in [6.45, 7) is 3.76. The monoisotopic (exact) mass is 342 g/mol. The average molecular weight is 342 g/mol. The standard InChI is InChI=1S/C17H18N4O2S/c1-3-4-14-9-15(22)21-17(20-14)24-11(2)16(23)19-13-7-5-12(10-18)6-8-13/h5-9,11H,3-4H2,1-2H3,(H,19,23)(H,20,21,22)/t11-/m0/s1. The number of amides is 1. The van der Waals surface area contributed by atoms with Crippen LogP contribution < -0.4 is 10.9 Å². The van der Waals surface area contributed by atoms with E-state index in [9.17, 15) is 9.59 Å². The molecular formula is C17H18N4O2S. The molecule has 0 spiro atoms.